The molecule has 0 aliphatic carbocycles. The molecule has 0 spiro atoms. The predicted octanol–water partition coefficient (Wildman–Crippen LogP) is 0.427. The molecule has 0 amide bonds. The maximum absolute atomic E-state index is 12.4. The van der Waals surface area contributed by atoms with Crippen molar-refractivity contribution in [3.8, 4) is 0 Å². The summed E-state index contributed by atoms with van der Waals surface area (Å²) in [5.74, 6) is -1.57. The van der Waals surface area contributed by atoms with Crippen LogP contribution in [-0.2, 0) is 24.4 Å². The first-order chi connectivity index (χ1) is 7.21. The lowest BCUT2D eigenvalue weighted by molar-refractivity contribution is -0.148. The second-order valence-corrected chi connectivity index (χ2v) is 3.23. The van der Waals surface area contributed by atoms with Crippen molar-refractivity contribution in [2.45, 2.75) is 18.7 Å². The van der Waals surface area contributed by atoms with Gasteiger partial charge in [-0.3, -0.25) is 4.68 Å². The van der Waals surface area contributed by atoms with Gasteiger partial charge in [0.15, 0.2) is 11.8 Å². The molecule has 5 nitrogen and oxygen atoms in total. The molecule has 1 rings (SSSR count). The standard InChI is InChI=1S/C8H9F3N2O3/c1-13-3-4(2-5(14)7(15)16)6(12-13)8(9,10)11/h3,5,14H,2H2,1H3,(H,15,16). The lowest BCUT2D eigenvalue weighted by Crippen LogP contribution is -2.23. The third-order valence-corrected chi connectivity index (χ3v) is 1.87. The van der Waals surface area contributed by atoms with Gasteiger partial charge in [0.2, 0.25) is 0 Å². The van der Waals surface area contributed by atoms with E-state index < -0.39 is 30.4 Å². The van der Waals surface area contributed by atoms with Crippen LogP contribution in [0, 0.1) is 0 Å². The van der Waals surface area contributed by atoms with Gasteiger partial charge in [0, 0.05) is 25.2 Å². The van der Waals surface area contributed by atoms with Crippen LogP contribution in [0.3, 0.4) is 0 Å². The topological polar surface area (TPSA) is 75.4 Å². The van der Waals surface area contributed by atoms with Gasteiger partial charge < -0.3 is 10.2 Å². The summed E-state index contributed by atoms with van der Waals surface area (Å²) < 4.78 is 38.1. The average Bonchev–Trinajstić information content (AvgIpc) is 2.45. The number of hydrogen-bond acceptors (Lipinski definition) is 3. The molecular weight excluding hydrogens is 229 g/mol. The number of carboxylic acid groups (broad SMARTS) is 1. The molecule has 1 atom stereocenters. The number of halogens is 3. The van der Waals surface area contributed by atoms with E-state index in [1.165, 1.54) is 7.05 Å². The Balaban J connectivity index is 3.00. The second-order valence-electron chi connectivity index (χ2n) is 3.23. The number of aryl methyl sites for hydroxylation is 1. The second kappa shape index (κ2) is 4.12. The fourth-order valence-corrected chi connectivity index (χ4v) is 1.22. The molecule has 16 heavy (non-hydrogen) atoms. The number of carboxylic acids is 1. The number of alkyl halides is 3. The minimum absolute atomic E-state index is 0.343. The maximum atomic E-state index is 12.4. The van der Waals surface area contributed by atoms with Crippen LogP contribution >= 0.6 is 0 Å². The molecule has 0 aliphatic heterocycles. The van der Waals surface area contributed by atoms with Gasteiger partial charge in [-0.05, 0) is 0 Å². The molecule has 0 aromatic carbocycles. The Morgan fingerprint density at radius 1 is 1.62 bits per heavy atom. The molecule has 1 aromatic heterocycles. The monoisotopic (exact) mass is 238 g/mol. The number of carbonyl (C=O) groups is 1. The minimum Gasteiger partial charge on any atom is -0.479 e. The highest BCUT2D eigenvalue weighted by atomic mass is 19.4. The van der Waals surface area contributed by atoms with Crippen LogP contribution in [-0.4, -0.2) is 32.1 Å². The molecule has 1 heterocycles. The number of aromatic nitrogens is 2. The first-order valence-corrected chi connectivity index (χ1v) is 4.22. The van der Waals surface area contributed by atoms with Gasteiger partial charge in [-0.15, -0.1) is 0 Å². The highest BCUT2D eigenvalue weighted by Gasteiger charge is 2.37. The molecule has 8 heteroatoms. The zero-order valence-corrected chi connectivity index (χ0v) is 8.19. The van der Waals surface area contributed by atoms with Crippen LogP contribution in [0.5, 0.6) is 0 Å². The van der Waals surface area contributed by atoms with Crippen LogP contribution in [0.2, 0.25) is 0 Å². The van der Waals surface area contributed by atoms with Crippen LogP contribution in [0.15, 0.2) is 6.20 Å². The normalized spacial score (nSPS) is 13.8. The van der Waals surface area contributed by atoms with E-state index in [9.17, 15) is 18.0 Å². The van der Waals surface area contributed by atoms with Crippen LogP contribution in [0.25, 0.3) is 0 Å². The van der Waals surface area contributed by atoms with E-state index in [1.54, 1.807) is 0 Å². The van der Waals surface area contributed by atoms with Gasteiger partial charge in [-0.2, -0.15) is 18.3 Å². The molecular formula is C8H9F3N2O3. The van der Waals surface area contributed by atoms with Crippen LogP contribution < -0.4 is 0 Å². The summed E-state index contributed by atoms with van der Waals surface area (Å²) in [6.07, 6.45) is -6.12. The van der Waals surface area contributed by atoms with Gasteiger partial charge in [-0.25, -0.2) is 4.79 Å². The quantitative estimate of drug-likeness (QED) is 0.800. The Morgan fingerprint density at radius 3 is 2.62 bits per heavy atom. The summed E-state index contributed by atoms with van der Waals surface area (Å²) >= 11 is 0. The van der Waals surface area contributed by atoms with Crippen molar-refractivity contribution in [1.29, 1.82) is 0 Å². The number of aliphatic carboxylic acids is 1. The summed E-state index contributed by atoms with van der Waals surface area (Å²) in [5, 5.41) is 20.5. The van der Waals surface area contributed by atoms with Gasteiger partial charge >= 0.3 is 12.1 Å². The van der Waals surface area contributed by atoms with Crippen molar-refractivity contribution in [1.82, 2.24) is 9.78 Å². The minimum atomic E-state index is -4.66. The Morgan fingerprint density at radius 2 is 2.19 bits per heavy atom. The molecule has 0 aliphatic rings. The number of aliphatic hydroxyl groups is 1. The van der Waals surface area contributed by atoms with Crippen molar-refractivity contribution in [3.05, 3.63) is 17.5 Å². The zero-order chi connectivity index (χ0) is 12.5. The number of aliphatic hydroxyl groups excluding tert-OH is 1. The van der Waals surface area contributed by atoms with E-state index in [0.29, 0.717) is 0 Å². The Labute approximate surface area is 88.1 Å². The third kappa shape index (κ3) is 2.72. The molecule has 0 radical (unpaired) electrons. The van der Waals surface area contributed by atoms with Gasteiger partial charge in [-0.1, -0.05) is 0 Å². The molecule has 1 aromatic rings. The molecule has 1 unspecified atom stereocenters. The van der Waals surface area contributed by atoms with Gasteiger partial charge in [0.05, 0.1) is 0 Å². The van der Waals surface area contributed by atoms with Gasteiger partial charge in [0.25, 0.3) is 0 Å². The smallest absolute Gasteiger partial charge is 0.435 e. The first-order valence-electron chi connectivity index (χ1n) is 4.22. The van der Waals surface area contributed by atoms with Crippen molar-refractivity contribution in [2.24, 2.45) is 7.05 Å². The number of rotatable bonds is 3. The van der Waals surface area contributed by atoms with Crippen molar-refractivity contribution < 1.29 is 28.2 Å². The van der Waals surface area contributed by atoms with E-state index in [2.05, 4.69) is 5.10 Å². The Kier molecular flexibility index (Phi) is 3.22. The van der Waals surface area contributed by atoms with Crippen molar-refractivity contribution in [2.75, 3.05) is 0 Å². The third-order valence-electron chi connectivity index (χ3n) is 1.87. The molecule has 0 saturated heterocycles. The molecule has 0 bridgehead atoms. The fourth-order valence-electron chi connectivity index (χ4n) is 1.22. The predicted molar refractivity (Wildman–Crippen MR) is 45.6 cm³/mol. The Bertz CT molecular complexity index is 400. The molecule has 90 valence electrons. The number of hydrogen-bond donors (Lipinski definition) is 2. The van der Waals surface area contributed by atoms with Crippen LogP contribution in [0.1, 0.15) is 11.3 Å². The maximum Gasteiger partial charge on any atom is 0.435 e. The molecule has 2 N–H and O–H groups in total. The first kappa shape index (κ1) is 12.5. The highest BCUT2D eigenvalue weighted by Crippen LogP contribution is 2.31. The zero-order valence-electron chi connectivity index (χ0n) is 8.19. The number of nitrogens with zero attached hydrogens (tertiary/aromatic N) is 2. The van der Waals surface area contributed by atoms with Crippen molar-refractivity contribution >= 4 is 5.97 Å². The van der Waals surface area contributed by atoms with Crippen LogP contribution in [0.4, 0.5) is 13.2 Å². The average molecular weight is 238 g/mol. The van der Waals surface area contributed by atoms with Crippen molar-refractivity contribution in [3.63, 3.8) is 0 Å². The summed E-state index contributed by atoms with van der Waals surface area (Å²) in [7, 11) is 1.28. The SMILES string of the molecule is Cn1cc(CC(O)C(=O)O)c(C(F)(F)F)n1. The van der Waals surface area contributed by atoms with E-state index in [0.717, 1.165) is 10.9 Å². The van der Waals surface area contributed by atoms with E-state index >= 15 is 0 Å². The van der Waals surface area contributed by atoms with E-state index in [4.69, 9.17) is 10.2 Å². The fraction of sp³-hybridized carbons (Fsp3) is 0.500. The largest absolute Gasteiger partial charge is 0.479 e. The molecule has 0 fully saturated rings. The van der Waals surface area contributed by atoms with E-state index in [1.807, 2.05) is 0 Å². The summed E-state index contributed by atoms with van der Waals surface area (Å²) in [4.78, 5) is 10.3. The highest BCUT2D eigenvalue weighted by molar-refractivity contribution is 5.72. The summed E-state index contributed by atoms with van der Waals surface area (Å²) in [6.45, 7) is 0. The van der Waals surface area contributed by atoms with Gasteiger partial charge in [0.1, 0.15) is 0 Å². The lowest BCUT2D eigenvalue weighted by atomic mass is 10.1. The summed E-state index contributed by atoms with van der Waals surface area (Å²) in [5.41, 5.74) is -1.51. The summed E-state index contributed by atoms with van der Waals surface area (Å²) in [6, 6.07) is 0. The molecule has 0 saturated carbocycles. The Hall–Kier alpha value is -1.57. The lowest BCUT2D eigenvalue weighted by Gasteiger charge is -2.07. The van der Waals surface area contributed by atoms with E-state index in [-0.39, 0.29) is 5.56 Å².